The van der Waals surface area contributed by atoms with Crippen molar-refractivity contribution < 1.29 is 22.7 Å². The second-order valence-corrected chi connectivity index (χ2v) is 13.7. The molecule has 9 nitrogen and oxygen atoms in total. The van der Waals surface area contributed by atoms with E-state index in [4.69, 9.17) is 16.3 Å². The lowest BCUT2D eigenvalue weighted by Crippen LogP contribution is -2.36. The first kappa shape index (κ1) is 35.8. The SMILES string of the molecule is C=CC(=O)N1CCC(N(C)c2nc(OC)nc3c(F)c(-c4cccc5ccc(F)c(Cl)c45)ncc23)C1.CN1CCC1.FC1CC2CCCN2C1. The lowest BCUT2D eigenvalue weighted by atomic mass is 10.0. The molecule has 266 valence electrons. The number of halogens is 4. The average Bonchev–Trinajstić information content (AvgIpc) is 3.86. The van der Waals surface area contributed by atoms with Gasteiger partial charge in [-0.1, -0.05) is 42.4 Å². The maximum absolute atomic E-state index is 16.0. The first-order valence-corrected chi connectivity index (χ1v) is 17.5. The Bertz CT molecular complexity index is 1860. The number of ether oxygens (including phenoxy) is 1. The molecule has 13 heteroatoms. The molecule has 3 unspecified atom stereocenters. The lowest BCUT2D eigenvalue weighted by Gasteiger charge is -2.27. The quantitative estimate of drug-likeness (QED) is 0.217. The predicted octanol–water partition coefficient (Wildman–Crippen LogP) is 6.52. The number of benzene rings is 2. The number of anilines is 1. The Morgan fingerprint density at radius 1 is 1.08 bits per heavy atom. The fourth-order valence-electron chi connectivity index (χ4n) is 7.14. The van der Waals surface area contributed by atoms with Gasteiger partial charge in [0.05, 0.1) is 17.5 Å². The minimum absolute atomic E-state index is 0.00949. The van der Waals surface area contributed by atoms with Gasteiger partial charge in [0, 0.05) is 55.9 Å². The first-order valence-electron chi connectivity index (χ1n) is 17.1. The normalized spacial score (nSPS) is 21.6. The number of aromatic nitrogens is 3. The number of hydrogen-bond acceptors (Lipinski definition) is 8. The lowest BCUT2D eigenvalue weighted by molar-refractivity contribution is -0.125. The standard InChI is InChI=1S/C26H22ClF2N5O2.C7H12FN.C4H9N/c1-4-19(35)34-11-10-15(13-34)33(2)25-17-12-30-23(22(29)24(17)31-26(32-25)36-3)16-7-5-6-14-8-9-18(28)21(27)20(14)16;8-6-4-7-2-1-3-9(7)5-6;1-5-3-2-4-5/h4-9,12,15H,1,10-11,13H2,2-3H3;6-7H,1-5H2;2-4H2,1H3. The summed E-state index contributed by atoms with van der Waals surface area (Å²) < 4.78 is 48.2. The van der Waals surface area contributed by atoms with E-state index in [1.807, 2.05) is 11.9 Å². The summed E-state index contributed by atoms with van der Waals surface area (Å²) in [5, 5.41) is 1.29. The fraction of sp³-hybridized carbons (Fsp3) is 0.459. The van der Waals surface area contributed by atoms with Crippen LogP contribution in [0.1, 0.15) is 32.1 Å². The largest absolute Gasteiger partial charge is 0.467 e. The van der Waals surface area contributed by atoms with Crippen LogP contribution in [0.2, 0.25) is 5.02 Å². The van der Waals surface area contributed by atoms with Gasteiger partial charge in [-0.25, -0.2) is 13.2 Å². The van der Waals surface area contributed by atoms with Crippen LogP contribution < -0.4 is 9.64 Å². The van der Waals surface area contributed by atoms with Crippen molar-refractivity contribution in [3.05, 3.63) is 65.8 Å². The maximum atomic E-state index is 16.0. The molecule has 2 aromatic carbocycles. The number of methoxy groups -OCH3 is 1. The van der Waals surface area contributed by atoms with Crippen molar-refractivity contribution in [2.45, 2.75) is 50.4 Å². The van der Waals surface area contributed by atoms with Gasteiger partial charge in [0.15, 0.2) is 5.82 Å². The number of carbonyl (C=O) groups excluding carboxylic acids is 1. The number of hydrogen-bond donors (Lipinski definition) is 0. The van der Waals surface area contributed by atoms with Gasteiger partial charge in [-0.05, 0) is 76.3 Å². The number of carbonyl (C=O) groups is 1. The van der Waals surface area contributed by atoms with Gasteiger partial charge in [-0.15, -0.1) is 0 Å². The van der Waals surface area contributed by atoms with Gasteiger partial charge in [-0.2, -0.15) is 9.97 Å². The van der Waals surface area contributed by atoms with E-state index in [2.05, 4.69) is 38.4 Å². The van der Waals surface area contributed by atoms with Crippen molar-refractivity contribution in [3.8, 4) is 17.3 Å². The van der Waals surface area contributed by atoms with Crippen LogP contribution in [0.15, 0.2) is 49.2 Å². The fourth-order valence-corrected chi connectivity index (χ4v) is 7.41. The van der Waals surface area contributed by atoms with Crippen molar-refractivity contribution in [2.75, 3.05) is 65.4 Å². The average molecular weight is 710 g/mol. The van der Waals surface area contributed by atoms with E-state index in [9.17, 15) is 13.6 Å². The smallest absolute Gasteiger partial charge is 0.318 e. The molecule has 0 bridgehead atoms. The van der Waals surface area contributed by atoms with Crippen molar-refractivity contribution in [3.63, 3.8) is 0 Å². The van der Waals surface area contributed by atoms with Gasteiger partial charge >= 0.3 is 6.01 Å². The maximum Gasteiger partial charge on any atom is 0.318 e. The number of nitrogens with zero attached hydrogens (tertiary/aromatic N) is 7. The second-order valence-electron chi connectivity index (χ2n) is 13.3. The van der Waals surface area contributed by atoms with Crippen LogP contribution in [0.5, 0.6) is 6.01 Å². The molecule has 8 rings (SSSR count). The summed E-state index contributed by atoms with van der Waals surface area (Å²) in [6, 6.07) is 8.53. The number of pyridine rings is 1. The van der Waals surface area contributed by atoms with Crippen molar-refractivity contribution >= 4 is 45.0 Å². The molecule has 0 N–H and O–H groups in total. The van der Waals surface area contributed by atoms with Gasteiger partial charge in [0.1, 0.15) is 29.0 Å². The minimum atomic E-state index is -0.703. The van der Waals surface area contributed by atoms with Crippen LogP contribution >= 0.6 is 11.6 Å². The highest BCUT2D eigenvalue weighted by molar-refractivity contribution is 6.36. The Morgan fingerprint density at radius 3 is 2.54 bits per heavy atom. The van der Waals surface area contributed by atoms with E-state index in [1.54, 1.807) is 29.2 Å². The van der Waals surface area contributed by atoms with E-state index < -0.39 is 17.8 Å². The molecule has 2 aromatic heterocycles. The Morgan fingerprint density at radius 2 is 1.86 bits per heavy atom. The number of fused-ring (bicyclic) bond motifs is 3. The van der Waals surface area contributed by atoms with Crippen LogP contribution in [-0.4, -0.2) is 114 Å². The number of likely N-dealkylation sites (tertiary alicyclic amines) is 2. The Labute approximate surface area is 295 Å². The summed E-state index contributed by atoms with van der Waals surface area (Å²) in [5.41, 5.74) is 0.340. The highest BCUT2D eigenvalue weighted by atomic mass is 35.5. The summed E-state index contributed by atoms with van der Waals surface area (Å²) in [6.07, 6.45) is 7.71. The molecular weight excluding hydrogens is 667 g/mol. The molecule has 6 heterocycles. The summed E-state index contributed by atoms with van der Waals surface area (Å²) in [4.78, 5) is 33.3. The zero-order valence-electron chi connectivity index (χ0n) is 28.7. The van der Waals surface area contributed by atoms with Gasteiger partial charge < -0.3 is 19.4 Å². The van der Waals surface area contributed by atoms with E-state index >= 15 is 4.39 Å². The molecule has 4 saturated heterocycles. The van der Waals surface area contributed by atoms with E-state index in [0.717, 1.165) is 13.0 Å². The topological polar surface area (TPSA) is 77.9 Å². The molecular formula is C37H43ClF3N7O2. The van der Waals surface area contributed by atoms with Crippen LogP contribution in [0.3, 0.4) is 0 Å². The van der Waals surface area contributed by atoms with Gasteiger partial charge in [0.2, 0.25) is 5.91 Å². The molecule has 4 aliphatic heterocycles. The minimum Gasteiger partial charge on any atom is -0.467 e. The second kappa shape index (κ2) is 15.5. The van der Waals surface area contributed by atoms with Crippen LogP contribution in [-0.2, 0) is 4.79 Å². The van der Waals surface area contributed by atoms with Crippen molar-refractivity contribution in [1.29, 1.82) is 0 Å². The van der Waals surface area contributed by atoms with Gasteiger partial charge in [0.25, 0.3) is 0 Å². The van der Waals surface area contributed by atoms with E-state index in [0.29, 0.717) is 59.6 Å². The number of rotatable bonds is 5. The highest BCUT2D eigenvalue weighted by Crippen LogP contribution is 2.38. The molecule has 3 atom stereocenters. The molecule has 4 fully saturated rings. The Kier molecular flexibility index (Phi) is 11.1. The molecule has 1 amide bonds. The first-order chi connectivity index (χ1) is 24.1. The molecule has 0 spiro atoms. The number of amides is 1. The van der Waals surface area contributed by atoms with Crippen LogP contribution in [0, 0.1) is 11.6 Å². The molecule has 0 saturated carbocycles. The zero-order valence-corrected chi connectivity index (χ0v) is 29.5. The summed E-state index contributed by atoms with van der Waals surface area (Å²) in [6.45, 7) is 9.10. The molecule has 50 heavy (non-hydrogen) atoms. The monoisotopic (exact) mass is 709 g/mol. The highest BCUT2D eigenvalue weighted by Gasteiger charge is 2.35. The van der Waals surface area contributed by atoms with Crippen molar-refractivity contribution in [2.24, 2.45) is 0 Å². The van der Waals surface area contributed by atoms with Crippen molar-refractivity contribution in [1.82, 2.24) is 29.7 Å². The van der Waals surface area contributed by atoms with Crippen LogP contribution in [0.4, 0.5) is 19.0 Å². The molecule has 0 aliphatic carbocycles. The number of likely N-dealkylation sites (N-methyl/N-ethyl adjacent to an activating group) is 1. The summed E-state index contributed by atoms with van der Waals surface area (Å²) in [7, 11) is 5.37. The summed E-state index contributed by atoms with van der Waals surface area (Å²) in [5.74, 6) is -1.02. The third kappa shape index (κ3) is 7.38. The van der Waals surface area contributed by atoms with Gasteiger partial charge in [-0.3, -0.25) is 14.7 Å². The van der Waals surface area contributed by atoms with Crippen LogP contribution in [0.25, 0.3) is 32.9 Å². The third-order valence-electron chi connectivity index (χ3n) is 10.1. The Balaban J connectivity index is 0.000000252. The molecule has 0 radical (unpaired) electrons. The molecule has 4 aromatic rings. The van der Waals surface area contributed by atoms with E-state index in [1.165, 1.54) is 57.8 Å². The number of alkyl halides is 1. The predicted molar refractivity (Wildman–Crippen MR) is 192 cm³/mol. The van der Waals surface area contributed by atoms with E-state index in [-0.39, 0.29) is 34.2 Å². The summed E-state index contributed by atoms with van der Waals surface area (Å²) >= 11 is 6.27. The Hall–Kier alpha value is -4.00. The zero-order chi connectivity index (χ0) is 35.5. The molecule has 4 aliphatic rings. The third-order valence-corrected chi connectivity index (χ3v) is 10.5.